The van der Waals surface area contributed by atoms with Gasteiger partial charge in [-0.2, -0.15) is 0 Å². The van der Waals surface area contributed by atoms with Crippen LogP contribution in [0.3, 0.4) is 0 Å². The molecule has 2 aromatic rings. The van der Waals surface area contributed by atoms with Crippen LogP contribution in [0.2, 0.25) is 0 Å². The molecule has 1 aromatic carbocycles. The Bertz CT molecular complexity index is 951. The molecule has 0 N–H and O–H groups in total. The van der Waals surface area contributed by atoms with Gasteiger partial charge in [0, 0.05) is 23.9 Å². The summed E-state index contributed by atoms with van der Waals surface area (Å²) in [6.45, 7) is 13.7. The molecule has 0 aliphatic carbocycles. The minimum atomic E-state index is -0.147. The summed E-state index contributed by atoms with van der Waals surface area (Å²) in [5.74, 6) is 1.61. The summed E-state index contributed by atoms with van der Waals surface area (Å²) in [4.78, 5) is 31.5. The minimum absolute atomic E-state index is 0.00184. The SMILES string of the molecule is CC[C@@H](C)N(CC(=O)N1CCc2sccc2[C@H]1COc1ccc(C(C)C)cc1)C(=O)CC(C)C. The average molecular weight is 485 g/mol. The number of rotatable bonds is 10. The molecule has 0 spiro atoms. The number of hydrogen-bond donors (Lipinski definition) is 0. The maximum absolute atomic E-state index is 13.6. The van der Waals surface area contributed by atoms with Crippen LogP contribution in [0.5, 0.6) is 5.75 Å². The highest BCUT2D eigenvalue weighted by atomic mass is 32.1. The van der Waals surface area contributed by atoms with E-state index < -0.39 is 0 Å². The van der Waals surface area contributed by atoms with Gasteiger partial charge in [-0.15, -0.1) is 11.3 Å². The quantitative estimate of drug-likeness (QED) is 0.412. The van der Waals surface area contributed by atoms with Crippen LogP contribution in [-0.4, -0.2) is 47.4 Å². The first-order chi connectivity index (χ1) is 16.2. The van der Waals surface area contributed by atoms with E-state index in [-0.39, 0.29) is 36.4 Å². The number of fused-ring (bicyclic) bond motifs is 1. The third-order valence-corrected chi connectivity index (χ3v) is 7.70. The zero-order chi connectivity index (χ0) is 24.8. The number of carbonyl (C=O) groups is 2. The molecular weight excluding hydrogens is 444 g/mol. The highest BCUT2D eigenvalue weighted by Gasteiger charge is 2.34. The molecule has 1 aliphatic heterocycles. The van der Waals surface area contributed by atoms with Gasteiger partial charge in [0.2, 0.25) is 11.8 Å². The molecule has 0 fully saturated rings. The minimum Gasteiger partial charge on any atom is -0.491 e. The van der Waals surface area contributed by atoms with E-state index in [2.05, 4.69) is 44.4 Å². The van der Waals surface area contributed by atoms with Crippen molar-refractivity contribution in [2.75, 3.05) is 19.7 Å². The smallest absolute Gasteiger partial charge is 0.242 e. The number of benzene rings is 1. The summed E-state index contributed by atoms with van der Waals surface area (Å²) >= 11 is 1.75. The Hall–Kier alpha value is -2.34. The van der Waals surface area contributed by atoms with Crippen LogP contribution in [0.25, 0.3) is 0 Å². The van der Waals surface area contributed by atoms with Gasteiger partial charge in [0.1, 0.15) is 18.9 Å². The predicted octanol–water partition coefficient (Wildman–Crippen LogP) is 6.05. The summed E-state index contributed by atoms with van der Waals surface area (Å²) in [6.07, 6.45) is 2.14. The molecule has 2 atom stereocenters. The van der Waals surface area contributed by atoms with Crippen LogP contribution in [0.15, 0.2) is 35.7 Å². The van der Waals surface area contributed by atoms with Gasteiger partial charge in [0.15, 0.2) is 0 Å². The van der Waals surface area contributed by atoms with E-state index in [0.717, 1.165) is 18.6 Å². The van der Waals surface area contributed by atoms with Crippen LogP contribution >= 0.6 is 11.3 Å². The molecule has 186 valence electrons. The average Bonchev–Trinajstić information content (AvgIpc) is 3.29. The van der Waals surface area contributed by atoms with Crippen molar-refractivity contribution in [1.29, 1.82) is 0 Å². The highest BCUT2D eigenvalue weighted by molar-refractivity contribution is 7.10. The second-order valence-electron chi connectivity index (χ2n) is 10.1. The number of hydrogen-bond acceptors (Lipinski definition) is 4. The highest BCUT2D eigenvalue weighted by Crippen LogP contribution is 2.34. The molecule has 5 nitrogen and oxygen atoms in total. The number of amides is 2. The second-order valence-corrected chi connectivity index (χ2v) is 11.1. The molecule has 3 rings (SSSR count). The van der Waals surface area contributed by atoms with Crippen molar-refractivity contribution in [3.63, 3.8) is 0 Å². The van der Waals surface area contributed by atoms with Gasteiger partial charge in [-0.1, -0.05) is 46.8 Å². The molecule has 0 saturated carbocycles. The molecular formula is C28H40N2O3S. The van der Waals surface area contributed by atoms with Crippen molar-refractivity contribution in [1.82, 2.24) is 9.80 Å². The van der Waals surface area contributed by atoms with Crippen molar-refractivity contribution < 1.29 is 14.3 Å². The molecule has 1 aliphatic rings. The largest absolute Gasteiger partial charge is 0.491 e. The summed E-state index contributed by atoms with van der Waals surface area (Å²) in [7, 11) is 0. The van der Waals surface area contributed by atoms with E-state index >= 15 is 0 Å². The van der Waals surface area contributed by atoms with Gasteiger partial charge in [0.25, 0.3) is 0 Å². The van der Waals surface area contributed by atoms with Crippen LogP contribution in [0.4, 0.5) is 0 Å². The first kappa shape index (κ1) is 26.3. The Balaban J connectivity index is 1.76. The molecule has 0 unspecified atom stereocenters. The molecule has 2 amide bonds. The van der Waals surface area contributed by atoms with Crippen LogP contribution in [0.1, 0.15) is 82.3 Å². The fraction of sp³-hybridized carbons (Fsp3) is 0.571. The summed E-state index contributed by atoms with van der Waals surface area (Å²) in [5.41, 5.74) is 2.45. The van der Waals surface area contributed by atoms with Crippen LogP contribution in [0, 0.1) is 5.92 Å². The van der Waals surface area contributed by atoms with E-state index in [1.807, 2.05) is 37.8 Å². The van der Waals surface area contributed by atoms with E-state index in [1.54, 1.807) is 16.2 Å². The normalized spacial score (nSPS) is 16.5. The maximum atomic E-state index is 13.6. The van der Waals surface area contributed by atoms with E-state index in [4.69, 9.17) is 4.74 Å². The standard InChI is InChI=1S/C28H40N2O3S/c1-7-21(6)30(27(31)16-19(2)3)17-28(32)29-14-12-26-24(13-15-34-26)25(29)18-33-23-10-8-22(9-11-23)20(4)5/h8-11,13,15,19-21,25H,7,12,14,16-18H2,1-6H3/t21-,25-/m1/s1. The topological polar surface area (TPSA) is 49.9 Å². The fourth-order valence-corrected chi connectivity index (χ4v) is 5.34. The van der Waals surface area contributed by atoms with Crippen molar-refractivity contribution in [2.45, 2.75) is 78.8 Å². The third-order valence-electron chi connectivity index (χ3n) is 6.70. The third kappa shape index (κ3) is 6.41. The first-order valence-corrected chi connectivity index (χ1v) is 13.5. The van der Waals surface area contributed by atoms with Gasteiger partial charge in [0.05, 0.1) is 6.04 Å². The first-order valence-electron chi connectivity index (χ1n) is 12.6. The van der Waals surface area contributed by atoms with Gasteiger partial charge in [-0.05, 0) is 66.3 Å². The maximum Gasteiger partial charge on any atom is 0.242 e. The molecule has 34 heavy (non-hydrogen) atoms. The molecule has 0 bridgehead atoms. The van der Waals surface area contributed by atoms with Crippen molar-refractivity contribution >= 4 is 23.2 Å². The Kier molecular flexibility index (Phi) is 9.17. The lowest BCUT2D eigenvalue weighted by atomic mass is 10.00. The van der Waals surface area contributed by atoms with Gasteiger partial charge in [-0.3, -0.25) is 9.59 Å². The van der Waals surface area contributed by atoms with Crippen LogP contribution in [-0.2, 0) is 16.0 Å². The van der Waals surface area contributed by atoms with Gasteiger partial charge < -0.3 is 14.5 Å². The van der Waals surface area contributed by atoms with E-state index in [0.29, 0.717) is 25.5 Å². The summed E-state index contributed by atoms with van der Waals surface area (Å²) < 4.78 is 6.19. The fourth-order valence-electron chi connectivity index (χ4n) is 4.41. The van der Waals surface area contributed by atoms with Gasteiger partial charge >= 0.3 is 0 Å². The monoisotopic (exact) mass is 484 g/mol. The molecule has 1 aromatic heterocycles. The lowest BCUT2D eigenvalue weighted by Gasteiger charge is -2.38. The summed E-state index contributed by atoms with van der Waals surface area (Å²) in [5, 5.41) is 2.10. The molecule has 6 heteroatoms. The van der Waals surface area contributed by atoms with Crippen LogP contribution < -0.4 is 4.74 Å². The number of ether oxygens (including phenoxy) is 1. The predicted molar refractivity (Wildman–Crippen MR) is 139 cm³/mol. The Labute approximate surface area is 209 Å². The lowest BCUT2D eigenvalue weighted by molar-refractivity contribution is -0.144. The van der Waals surface area contributed by atoms with Crippen molar-refractivity contribution in [2.24, 2.45) is 5.92 Å². The molecule has 0 radical (unpaired) electrons. The number of thiophene rings is 1. The van der Waals surface area contributed by atoms with Crippen molar-refractivity contribution in [3.05, 3.63) is 51.7 Å². The van der Waals surface area contributed by atoms with Crippen molar-refractivity contribution in [3.8, 4) is 5.75 Å². The van der Waals surface area contributed by atoms with E-state index in [1.165, 1.54) is 16.0 Å². The molecule has 2 heterocycles. The zero-order valence-electron chi connectivity index (χ0n) is 21.5. The Morgan fingerprint density at radius 3 is 2.44 bits per heavy atom. The molecule has 0 saturated heterocycles. The lowest BCUT2D eigenvalue weighted by Crippen LogP contribution is -2.50. The number of nitrogens with zero attached hydrogens (tertiary/aromatic N) is 2. The van der Waals surface area contributed by atoms with E-state index in [9.17, 15) is 9.59 Å². The second kappa shape index (κ2) is 11.9. The zero-order valence-corrected chi connectivity index (χ0v) is 22.4. The van der Waals surface area contributed by atoms with Gasteiger partial charge in [-0.25, -0.2) is 0 Å². The summed E-state index contributed by atoms with van der Waals surface area (Å²) in [6, 6.07) is 10.2. The Morgan fingerprint density at radius 2 is 1.82 bits per heavy atom. The number of carbonyl (C=O) groups excluding carboxylic acids is 2. The Morgan fingerprint density at radius 1 is 1.12 bits per heavy atom.